The van der Waals surface area contributed by atoms with E-state index in [2.05, 4.69) is 64.8 Å². The van der Waals surface area contributed by atoms with Crippen molar-refractivity contribution in [2.24, 2.45) is 4.99 Å². The number of aromatic nitrogens is 4. The van der Waals surface area contributed by atoms with Crippen LogP contribution < -0.4 is 0 Å². The lowest BCUT2D eigenvalue weighted by Crippen LogP contribution is -2.40. The Kier molecular flexibility index (Phi) is 6.81. The Bertz CT molecular complexity index is 1500. The summed E-state index contributed by atoms with van der Waals surface area (Å²) in [6.07, 6.45) is 8.69. The number of benzene rings is 2. The highest BCUT2D eigenvalue weighted by Crippen LogP contribution is 2.40. The highest BCUT2D eigenvalue weighted by atomic mass is 16.2. The Morgan fingerprint density at radius 2 is 1.74 bits per heavy atom. The maximum absolute atomic E-state index is 13.6. The van der Waals surface area contributed by atoms with Crippen LogP contribution in [-0.4, -0.2) is 42.6 Å². The molecule has 1 spiro atoms. The third-order valence-corrected chi connectivity index (χ3v) is 7.98. The highest BCUT2D eigenvalue weighted by molar-refractivity contribution is 6.08. The molecule has 1 N–H and O–H groups in total. The number of carbonyl (C=O) groups is 1. The first kappa shape index (κ1) is 25.2. The number of aromatic amines is 1. The summed E-state index contributed by atoms with van der Waals surface area (Å²) in [6.45, 7) is 4.75. The lowest BCUT2D eigenvalue weighted by Gasteiger charge is -2.23. The van der Waals surface area contributed by atoms with Crippen LogP contribution in [0.1, 0.15) is 63.1 Å². The van der Waals surface area contributed by atoms with Gasteiger partial charge in [0.15, 0.2) is 0 Å². The van der Waals surface area contributed by atoms with Crippen molar-refractivity contribution in [3.63, 3.8) is 0 Å². The van der Waals surface area contributed by atoms with Gasteiger partial charge in [-0.05, 0) is 61.1 Å². The molecule has 6 rings (SSSR count). The van der Waals surface area contributed by atoms with Crippen molar-refractivity contribution >= 4 is 11.7 Å². The molecule has 4 aromatic rings. The summed E-state index contributed by atoms with van der Waals surface area (Å²) >= 11 is 0. The number of hydrogen-bond donors (Lipinski definition) is 1. The Morgan fingerprint density at radius 1 is 0.949 bits per heavy atom. The van der Waals surface area contributed by atoms with Gasteiger partial charge in [-0.15, -0.1) is 0 Å². The van der Waals surface area contributed by atoms with Crippen molar-refractivity contribution in [1.29, 1.82) is 0 Å². The maximum Gasteiger partial charge on any atom is 0.256 e. The van der Waals surface area contributed by atoms with Crippen LogP contribution in [-0.2, 0) is 11.3 Å². The van der Waals surface area contributed by atoms with Gasteiger partial charge in [0.2, 0.25) is 0 Å². The summed E-state index contributed by atoms with van der Waals surface area (Å²) in [5.74, 6) is 1.17. The van der Waals surface area contributed by atoms with E-state index in [9.17, 15) is 4.79 Å². The molecule has 198 valence electrons. The molecular weight excluding hydrogens is 484 g/mol. The van der Waals surface area contributed by atoms with Crippen molar-refractivity contribution in [3.8, 4) is 33.6 Å². The number of unbranched alkanes of at least 4 members (excludes halogenated alkanes) is 1. The van der Waals surface area contributed by atoms with Crippen LogP contribution in [0.3, 0.4) is 0 Å². The zero-order chi connectivity index (χ0) is 26.8. The van der Waals surface area contributed by atoms with Gasteiger partial charge < -0.3 is 0 Å². The predicted octanol–water partition coefficient (Wildman–Crippen LogP) is 6.75. The molecule has 7 heteroatoms. The lowest BCUT2D eigenvalue weighted by atomic mass is 9.94. The molecule has 0 saturated heterocycles. The summed E-state index contributed by atoms with van der Waals surface area (Å²) < 4.78 is 0. The molecule has 2 aliphatic rings. The van der Waals surface area contributed by atoms with E-state index in [1.807, 2.05) is 30.0 Å². The van der Waals surface area contributed by atoms with E-state index in [1.54, 1.807) is 6.20 Å². The minimum Gasteiger partial charge on any atom is -0.294 e. The maximum atomic E-state index is 13.6. The minimum atomic E-state index is -0.500. The topological polar surface area (TPSA) is 87.1 Å². The molecule has 1 aliphatic carbocycles. The second-order valence-electron chi connectivity index (χ2n) is 10.7. The second-order valence-corrected chi connectivity index (χ2v) is 10.7. The number of amidine groups is 1. The largest absolute Gasteiger partial charge is 0.294 e. The van der Waals surface area contributed by atoms with E-state index in [1.165, 1.54) is 0 Å². The van der Waals surface area contributed by atoms with Gasteiger partial charge >= 0.3 is 0 Å². The molecule has 0 bridgehead atoms. The monoisotopic (exact) mass is 518 g/mol. The van der Waals surface area contributed by atoms with Crippen molar-refractivity contribution in [2.45, 2.75) is 70.9 Å². The number of rotatable bonds is 8. The van der Waals surface area contributed by atoms with Crippen LogP contribution in [0.25, 0.3) is 33.6 Å². The fourth-order valence-electron chi connectivity index (χ4n) is 5.87. The van der Waals surface area contributed by atoms with Gasteiger partial charge in [0.05, 0.1) is 18.4 Å². The smallest absolute Gasteiger partial charge is 0.256 e. The van der Waals surface area contributed by atoms with Crippen LogP contribution in [0.15, 0.2) is 71.9 Å². The molecule has 7 nitrogen and oxygen atoms in total. The van der Waals surface area contributed by atoms with Crippen LogP contribution in [0, 0.1) is 6.92 Å². The number of amides is 1. The van der Waals surface area contributed by atoms with E-state index >= 15 is 0 Å². The lowest BCUT2D eigenvalue weighted by molar-refractivity contribution is -0.131. The average molecular weight is 519 g/mol. The molecule has 1 fully saturated rings. The minimum absolute atomic E-state index is 0.196. The molecule has 3 heterocycles. The van der Waals surface area contributed by atoms with Gasteiger partial charge in [-0.3, -0.25) is 19.7 Å². The van der Waals surface area contributed by atoms with Crippen LogP contribution in [0.4, 0.5) is 0 Å². The number of hydrogen-bond acceptors (Lipinski definition) is 5. The summed E-state index contributed by atoms with van der Waals surface area (Å²) in [5, 5.41) is 11.1. The summed E-state index contributed by atoms with van der Waals surface area (Å²) in [5.41, 5.74) is 7.49. The van der Waals surface area contributed by atoms with E-state index in [4.69, 9.17) is 9.98 Å². The molecule has 0 atom stereocenters. The molecule has 1 aliphatic heterocycles. The molecule has 2 aromatic heterocycles. The van der Waals surface area contributed by atoms with Gasteiger partial charge in [0, 0.05) is 23.2 Å². The van der Waals surface area contributed by atoms with Crippen LogP contribution in [0.2, 0.25) is 0 Å². The fourth-order valence-corrected chi connectivity index (χ4v) is 5.87. The van der Waals surface area contributed by atoms with E-state index in [-0.39, 0.29) is 5.91 Å². The molecule has 0 radical (unpaired) electrons. The van der Waals surface area contributed by atoms with E-state index < -0.39 is 5.54 Å². The molecule has 0 unspecified atom stereocenters. The number of aliphatic imine (C=N–C) groups is 1. The van der Waals surface area contributed by atoms with Gasteiger partial charge in [-0.1, -0.05) is 68.7 Å². The second kappa shape index (κ2) is 10.6. The number of pyridine rings is 1. The van der Waals surface area contributed by atoms with Crippen LogP contribution >= 0.6 is 0 Å². The van der Waals surface area contributed by atoms with E-state index in [0.29, 0.717) is 6.54 Å². The summed E-state index contributed by atoms with van der Waals surface area (Å²) in [6, 6.07) is 20.9. The average Bonchev–Trinajstić information content (AvgIpc) is 3.72. The van der Waals surface area contributed by atoms with Crippen molar-refractivity contribution in [3.05, 3.63) is 78.1 Å². The number of nitrogens with zero attached hydrogens (tertiary/aromatic N) is 5. The van der Waals surface area contributed by atoms with Gasteiger partial charge in [-0.2, -0.15) is 15.4 Å². The number of aryl methyl sites for hydroxylation is 1. The Labute approximate surface area is 229 Å². The first-order valence-electron chi connectivity index (χ1n) is 14.0. The Morgan fingerprint density at radius 3 is 2.46 bits per heavy atom. The van der Waals surface area contributed by atoms with Crippen LogP contribution in [0.5, 0.6) is 0 Å². The molecule has 1 saturated carbocycles. The quantitative estimate of drug-likeness (QED) is 0.279. The summed E-state index contributed by atoms with van der Waals surface area (Å²) in [4.78, 5) is 25.3. The summed E-state index contributed by atoms with van der Waals surface area (Å²) in [7, 11) is 0. The highest BCUT2D eigenvalue weighted by Gasteiger charge is 2.49. The number of H-pyrrole nitrogens is 1. The molecular formula is C32H34N6O. The zero-order valence-corrected chi connectivity index (χ0v) is 22.7. The van der Waals surface area contributed by atoms with Gasteiger partial charge in [-0.25, -0.2) is 0 Å². The van der Waals surface area contributed by atoms with E-state index in [0.717, 1.165) is 95.7 Å². The predicted molar refractivity (Wildman–Crippen MR) is 154 cm³/mol. The SMILES string of the molecule is CCCCC1=NC2(CCCC2)C(=O)N1Cc1ccc(-c2cc(-c3cccc(C)n3)ccc2-c2cn[nH]n2)cc1. The molecule has 39 heavy (non-hydrogen) atoms. The molecule has 1 amide bonds. The Balaban J connectivity index is 1.31. The number of carbonyl (C=O) groups excluding carboxylic acids is 1. The third kappa shape index (κ3) is 4.89. The van der Waals surface area contributed by atoms with Crippen molar-refractivity contribution in [1.82, 2.24) is 25.3 Å². The standard InChI is InChI=1S/C32H34N6O/c1-3-4-10-30-35-32(17-5-6-18-32)31(39)38(30)21-23-11-13-24(14-12-23)27-19-25(28-9-7-8-22(2)34-28)15-16-26(27)29-20-33-37-36-29/h7-9,11-16,19-20H,3-6,10,17-18,21H2,1-2H3,(H,33,36,37). The zero-order valence-electron chi connectivity index (χ0n) is 22.7. The first-order valence-corrected chi connectivity index (χ1v) is 14.0. The Hall–Kier alpha value is -4.13. The fraction of sp³-hybridized carbons (Fsp3) is 0.344. The number of nitrogens with one attached hydrogen (secondary N) is 1. The van der Waals surface area contributed by atoms with Gasteiger partial charge in [0.25, 0.3) is 5.91 Å². The van der Waals surface area contributed by atoms with Gasteiger partial charge in [0.1, 0.15) is 17.1 Å². The normalized spacial score (nSPS) is 16.3. The van der Waals surface area contributed by atoms with Crippen molar-refractivity contribution in [2.75, 3.05) is 0 Å². The first-order chi connectivity index (χ1) is 19.1. The van der Waals surface area contributed by atoms with Crippen molar-refractivity contribution < 1.29 is 4.79 Å². The third-order valence-electron chi connectivity index (χ3n) is 7.98. The molecule has 2 aromatic carbocycles.